The van der Waals surface area contributed by atoms with Gasteiger partial charge in [-0.1, -0.05) is 30.3 Å². The molecule has 1 N–H and O–H groups in total. The molecular formula is C20H14N2O2S2. The number of aromatic hydroxyl groups is 1. The van der Waals surface area contributed by atoms with Crippen molar-refractivity contribution in [2.45, 2.75) is 6.92 Å². The van der Waals surface area contributed by atoms with Crippen LogP contribution in [0.25, 0.3) is 17.3 Å². The fourth-order valence-electron chi connectivity index (χ4n) is 2.86. The Hall–Kier alpha value is -2.83. The van der Waals surface area contributed by atoms with Crippen LogP contribution in [0.4, 0.5) is 5.69 Å². The molecule has 0 unspecified atom stereocenters. The predicted octanol–water partition coefficient (Wildman–Crippen LogP) is 5.43. The maximum atomic E-state index is 11.6. The van der Waals surface area contributed by atoms with Crippen LogP contribution in [-0.4, -0.2) is 21.7 Å². The standard InChI is InChI=1S/C20H14N2O2S2/c1-12(23)13-5-4-6-15(9-13)22-19(24)18(26-20(22)25)10-14-11-21-17-8-3-2-7-16(14)17/h2-11,24H,1H3/b14-10-. The van der Waals surface area contributed by atoms with E-state index < -0.39 is 0 Å². The highest BCUT2D eigenvalue weighted by Crippen LogP contribution is 2.36. The molecule has 1 aliphatic rings. The molecule has 4 rings (SSSR count). The quantitative estimate of drug-likeness (QED) is 0.488. The zero-order chi connectivity index (χ0) is 18.3. The first-order chi connectivity index (χ1) is 12.5. The number of aliphatic imine (C=N–C) groups is 1. The number of rotatable bonds is 3. The maximum Gasteiger partial charge on any atom is 0.215 e. The molecule has 0 spiro atoms. The summed E-state index contributed by atoms with van der Waals surface area (Å²) in [5.41, 5.74) is 4.11. The lowest BCUT2D eigenvalue weighted by atomic mass is 10.1. The summed E-state index contributed by atoms with van der Waals surface area (Å²) >= 11 is 6.76. The molecule has 1 aliphatic heterocycles. The van der Waals surface area contributed by atoms with Crippen molar-refractivity contribution in [2.75, 3.05) is 0 Å². The number of hydrogen-bond acceptors (Lipinski definition) is 5. The van der Waals surface area contributed by atoms with Gasteiger partial charge in [0, 0.05) is 22.9 Å². The molecule has 2 aromatic carbocycles. The summed E-state index contributed by atoms with van der Waals surface area (Å²) in [6.45, 7) is 1.51. The lowest BCUT2D eigenvalue weighted by Crippen LogP contribution is -1.97. The summed E-state index contributed by atoms with van der Waals surface area (Å²) in [4.78, 5) is 16.7. The molecule has 0 bridgehead atoms. The van der Waals surface area contributed by atoms with Crippen molar-refractivity contribution < 1.29 is 9.90 Å². The van der Waals surface area contributed by atoms with Crippen molar-refractivity contribution >= 4 is 52.9 Å². The van der Waals surface area contributed by atoms with Gasteiger partial charge in [0.1, 0.15) is 0 Å². The first kappa shape index (κ1) is 16.6. The number of aromatic nitrogens is 1. The Morgan fingerprint density at radius 2 is 2.04 bits per heavy atom. The highest BCUT2D eigenvalue weighted by atomic mass is 32.1. The van der Waals surface area contributed by atoms with Crippen LogP contribution in [0.3, 0.4) is 0 Å². The Labute approximate surface area is 159 Å². The zero-order valence-corrected chi connectivity index (χ0v) is 15.5. The summed E-state index contributed by atoms with van der Waals surface area (Å²) < 4.78 is 2.09. The Morgan fingerprint density at radius 1 is 1.23 bits per heavy atom. The Bertz CT molecular complexity index is 1150. The number of fused-ring (bicyclic) bond motifs is 1. The summed E-state index contributed by atoms with van der Waals surface area (Å²) in [6.07, 6.45) is 3.67. The second kappa shape index (κ2) is 6.48. The number of carbonyl (C=O) groups excluding carboxylic acids is 1. The van der Waals surface area contributed by atoms with Crippen LogP contribution >= 0.6 is 23.6 Å². The van der Waals surface area contributed by atoms with Crippen LogP contribution in [0.15, 0.2) is 53.5 Å². The van der Waals surface area contributed by atoms with Crippen LogP contribution in [0.2, 0.25) is 0 Å². The van der Waals surface area contributed by atoms with Crippen molar-refractivity contribution in [2.24, 2.45) is 4.99 Å². The van der Waals surface area contributed by atoms with E-state index >= 15 is 0 Å². The molecule has 0 atom stereocenters. The van der Waals surface area contributed by atoms with Crippen LogP contribution in [-0.2, 0) is 0 Å². The van der Waals surface area contributed by atoms with Gasteiger partial charge in [-0.05, 0) is 43.4 Å². The number of allylic oxidation sites excluding steroid dienone is 1. The van der Waals surface area contributed by atoms with Gasteiger partial charge < -0.3 is 5.11 Å². The topological polar surface area (TPSA) is 54.6 Å². The van der Waals surface area contributed by atoms with E-state index in [9.17, 15) is 9.90 Å². The van der Waals surface area contributed by atoms with E-state index in [1.54, 1.807) is 29.0 Å². The molecule has 1 aromatic heterocycles. The van der Waals surface area contributed by atoms with E-state index in [1.807, 2.05) is 36.4 Å². The van der Waals surface area contributed by atoms with Gasteiger partial charge >= 0.3 is 0 Å². The van der Waals surface area contributed by atoms with Crippen molar-refractivity contribution in [1.29, 1.82) is 0 Å². The predicted molar refractivity (Wildman–Crippen MR) is 109 cm³/mol. The van der Waals surface area contributed by atoms with Gasteiger partial charge in [-0.2, -0.15) is 0 Å². The van der Waals surface area contributed by atoms with E-state index in [1.165, 1.54) is 18.3 Å². The molecule has 0 fully saturated rings. The molecule has 26 heavy (non-hydrogen) atoms. The first-order valence-electron chi connectivity index (χ1n) is 7.96. The number of hydrogen-bond donors (Lipinski definition) is 1. The van der Waals surface area contributed by atoms with Gasteiger partial charge in [-0.3, -0.25) is 14.4 Å². The minimum Gasteiger partial charge on any atom is -0.493 e. The normalized spacial score (nSPS) is 14.0. The van der Waals surface area contributed by atoms with Gasteiger partial charge in [0.25, 0.3) is 0 Å². The van der Waals surface area contributed by atoms with E-state index in [-0.39, 0.29) is 11.7 Å². The van der Waals surface area contributed by atoms with Gasteiger partial charge in [-0.15, -0.1) is 11.3 Å². The van der Waals surface area contributed by atoms with Gasteiger partial charge in [0.2, 0.25) is 5.88 Å². The molecule has 128 valence electrons. The van der Waals surface area contributed by atoms with E-state index in [4.69, 9.17) is 12.2 Å². The Morgan fingerprint density at radius 3 is 2.85 bits per heavy atom. The average Bonchev–Trinajstić information content (AvgIpc) is 3.16. The minimum absolute atomic E-state index is 0.0331. The minimum atomic E-state index is -0.0331. The van der Waals surface area contributed by atoms with Gasteiger partial charge in [0.15, 0.2) is 9.74 Å². The lowest BCUT2D eigenvalue weighted by Gasteiger charge is -2.06. The highest BCUT2D eigenvalue weighted by molar-refractivity contribution is 7.73. The number of thiazole rings is 1. The zero-order valence-electron chi connectivity index (χ0n) is 13.8. The molecule has 3 aromatic rings. The molecular weight excluding hydrogens is 364 g/mol. The molecule has 0 aliphatic carbocycles. The first-order valence-corrected chi connectivity index (χ1v) is 9.18. The third-order valence-corrected chi connectivity index (χ3v) is 5.48. The van der Waals surface area contributed by atoms with Gasteiger partial charge in [0.05, 0.1) is 16.3 Å². The fraction of sp³-hybridized carbons (Fsp3) is 0.0500. The summed E-state index contributed by atoms with van der Waals surface area (Å²) in [5.74, 6) is 0.0280. The number of para-hydroxylation sites is 1. The number of ketones is 1. The number of benzene rings is 2. The highest BCUT2D eigenvalue weighted by Gasteiger charge is 2.16. The van der Waals surface area contributed by atoms with Crippen molar-refractivity contribution in [3.05, 3.63) is 68.5 Å². The van der Waals surface area contributed by atoms with Crippen molar-refractivity contribution in [3.8, 4) is 11.6 Å². The molecule has 0 radical (unpaired) electrons. The molecule has 4 nitrogen and oxygen atoms in total. The van der Waals surface area contributed by atoms with Crippen LogP contribution in [0.1, 0.15) is 27.7 Å². The molecule has 6 heteroatoms. The van der Waals surface area contributed by atoms with E-state index in [0.717, 1.165) is 16.8 Å². The van der Waals surface area contributed by atoms with Crippen molar-refractivity contribution in [3.63, 3.8) is 0 Å². The smallest absolute Gasteiger partial charge is 0.215 e. The largest absolute Gasteiger partial charge is 0.493 e. The monoisotopic (exact) mass is 378 g/mol. The number of carbonyl (C=O) groups is 1. The number of nitrogens with zero attached hydrogens (tertiary/aromatic N) is 2. The second-order valence-corrected chi connectivity index (χ2v) is 7.55. The fourth-order valence-corrected chi connectivity index (χ4v) is 4.16. The SMILES string of the molecule is CC(=O)c1cccc(-n2c(O)c(/C=C3/C=Nc4ccccc43)sc2=S)c1. The Balaban J connectivity index is 1.81. The second-order valence-electron chi connectivity index (χ2n) is 5.87. The van der Waals surface area contributed by atoms with Crippen LogP contribution in [0.5, 0.6) is 5.88 Å². The summed E-state index contributed by atoms with van der Waals surface area (Å²) in [6, 6.07) is 14.9. The third-order valence-electron chi connectivity index (χ3n) is 4.17. The van der Waals surface area contributed by atoms with E-state index in [2.05, 4.69) is 4.99 Å². The molecule has 0 saturated heterocycles. The maximum absolute atomic E-state index is 11.6. The molecule has 2 heterocycles. The third kappa shape index (κ3) is 2.83. The van der Waals surface area contributed by atoms with E-state index in [0.29, 0.717) is 20.1 Å². The van der Waals surface area contributed by atoms with Crippen LogP contribution < -0.4 is 0 Å². The number of Topliss-reactive ketones (excluding diaryl/α,β-unsaturated/α-hetero) is 1. The molecule has 0 amide bonds. The summed E-state index contributed by atoms with van der Waals surface area (Å²) in [7, 11) is 0. The Kier molecular flexibility index (Phi) is 4.14. The van der Waals surface area contributed by atoms with Crippen LogP contribution in [0, 0.1) is 3.95 Å². The summed E-state index contributed by atoms with van der Waals surface area (Å²) in [5, 5.41) is 10.7. The average molecular weight is 378 g/mol. The lowest BCUT2D eigenvalue weighted by molar-refractivity contribution is 0.101. The molecule has 0 saturated carbocycles. The van der Waals surface area contributed by atoms with Crippen molar-refractivity contribution in [1.82, 2.24) is 4.57 Å². The van der Waals surface area contributed by atoms with Gasteiger partial charge in [-0.25, -0.2) is 0 Å².